The Bertz CT molecular complexity index is 1360. The van der Waals surface area contributed by atoms with Gasteiger partial charge in [0, 0.05) is 22.9 Å². The summed E-state index contributed by atoms with van der Waals surface area (Å²) < 4.78 is 24.8. The lowest BCUT2D eigenvalue weighted by Gasteiger charge is -2.46. The van der Waals surface area contributed by atoms with E-state index in [2.05, 4.69) is 47.6 Å². The van der Waals surface area contributed by atoms with Crippen LogP contribution in [0, 0.1) is 0 Å². The maximum atomic E-state index is 11.7. The van der Waals surface area contributed by atoms with Crippen molar-refractivity contribution < 1.29 is 29.2 Å². The molecule has 2 N–H and O–H groups in total. The van der Waals surface area contributed by atoms with Crippen LogP contribution >= 0.6 is 0 Å². The van der Waals surface area contributed by atoms with E-state index in [0.717, 1.165) is 22.3 Å². The van der Waals surface area contributed by atoms with Gasteiger partial charge in [-0.05, 0) is 28.0 Å². The van der Waals surface area contributed by atoms with Gasteiger partial charge in [0.25, 0.3) is 0 Å². The van der Waals surface area contributed by atoms with Gasteiger partial charge in [0.2, 0.25) is 0 Å². The van der Waals surface area contributed by atoms with Crippen LogP contribution in [0.3, 0.4) is 0 Å². The van der Waals surface area contributed by atoms with E-state index in [4.69, 9.17) is 23.9 Å². The van der Waals surface area contributed by atoms with Gasteiger partial charge in [0.15, 0.2) is 12.6 Å². The van der Waals surface area contributed by atoms with Crippen molar-refractivity contribution >= 4 is 6.21 Å². The molecule has 0 spiro atoms. The number of phenolic OH excluding ortho intramolecular Hbond substituents is 1. The molecule has 3 aromatic rings. The highest BCUT2D eigenvalue weighted by atomic mass is 16.7. The van der Waals surface area contributed by atoms with Gasteiger partial charge in [-0.3, -0.25) is 4.99 Å². The Morgan fingerprint density at radius 1 is 0.905 bits per heavy atom. The van der Waals surface area contributed by atoms with Crippen LogP contribution in [0.5, 0.6) is 5.75 Å². The first-order valence-electron chi connectivity index (χ1n) is 14.6. The number of ether oxygens (including phenoxy) is 4. The summed E-state index contributed by atoms with van der Waals surface area (Å²) in [7, 11) is 0. The summed E-state index contributed by atoms with van der Waals surface area (Å²) >= 11 is 0. The topological polar surface area (TPSA) is 89.7 Å². The predicted octanol–water partition coefficient (Wildman–Crippen LogP) is 6.19. The zero-order chi connectivity index (χ0) is 30.1. The SMILES string of the molecule is CC(C)(C)c1cc(C=N[C@H]2[C@@H](OCc3ccccc3)O[C@@H]3COC(c4ccccc4)O[C@H]3[C@@H]2O)c(O)c(C(C)(C)C)c1. The van der Waals surface area contributed by atoms with Crippen molar-refractivity contribution in [3.63, 3.8) is 0 Å². The maximum absolute atomic E-state index is 11.7. The van der Waals surface area contributed by atoms with Crippen molar-refractivity contribution in [2.75, 3.05) is 6.61 Å². The summed E-state index contributed by atoms with van der Waals surface area (Å²) in [6, 6.07) is 22.7. The fourth-order valence-corrected chi connectivity index (χ4v) is 5.33. The van der Waals surface area contributed by atoms with E-state index < -0.39 is 36.9 Å². The van der Waals surface area contributed by atoms with Crippen molar-refractivity contribution in [3.8, 4) is 5.75 Å². The molecule has 224 valence electrons. The van der Waals surface area contributed by atoms with Gasteiger partial charge in [-0.1, -0.05) is 108 Å². The largest absolute Gasteiger partial charge is 0.507 e. The van der Waals surface area contributed by atoms with E-state index in [0.29, 0.717) is 5.56 Å². The van der Waals surface area contributed by atoms with Crippen molar-refractivity contribution in [3.05, 3.63) is 101 Å². The number of fused-ring (bicyclic) bond motifs is 1. The Morgan fingerprint density at radius 3 is 2.21 bits per heavy atom. The number of aliphatic hydroxyl groups excluding tert-OH is 1. The molecule has 2 aliphatic heterocycles. The van der Waals surface area contributed by atoms with Crippen LogP contribution in [0.2, 0.25) is 0 Å². The Kier molecular flexibility index (Phi) is 8.88. The minimum absolute atomic E-state index is 0.138. The summed E-state index contributed by atoms with van der Waals surface area (Å²) in [4.78, 5) is 4.82. The third kappa shape index (κ3) is 6.77. The first-order chi connectivity index (χ1) is 19.9. The molecule has 0 aliphatic carbocycles. The van der Waals surface area contributed by atoms with Crippen molar-refractivity contribution in [2.45, 2.75) is 95.9 Å². The number of benzene rings is 3. The highest BCUT2D eigenvalue weighted by Gasteiger charge is 2.50. The molecule has 7 heteroatoms. The molecule has 42 heavy (non-hydrogen) atoms. The predicted molar refractivity (Wildman–Crippen MR) is 163 cm³/mol. The van der Waals surface area contributed by atoms with Gasteiger partial charge in [-0.15, -0.1) is 0 Å². The number of aliphatic imine (C=N–C) groups is 1. The smallest absolute Gasteiger partial charge is 0.184 e. The van der Waals surface area contributed by atoms with E-state index in [1.807, 2.05) is 66.7 Å². The van der Waals surface area contributed by atoms with Crippen LogP contribution in [0.1, 0.15) is 75.6 Å². The standard InChI is InChI=1S/C35H43NO6/c1-34(2,3)25-17-24(29(37)26(18-25)35(4,5)6)19-36-28-30(38)31-27(21-40-32(42-31)23-15-11-8-12-16-23)41-33(28)39-20-22-13-9-7-10-14-22/h7-19,27-28,30-33,37-38H,20-21H2,1-6H3/t27-,28-,30-,31-,32?,33+/m1/s1. The first-order valence-corrected chi connectivity index (χ1v) is 14.6. The van der Waals surface area contributed by atoms with Crippen molar-refractivity contribution in [2.24, 2.45) is 4.99 Å². The highest BCUT2D eigenvalue weighted by Crippen LogP contribution is 2.38. The summed E-state index contributed by atoms with van der Waals surface area (Å²) in [5.41, 5.74) is 3.93. The number of rotatable bonds is 6. The maximum Gasteiger partial charge on any atom is 0.184 e. The Balaban J connectivity index is 1.47. The Hall–Kier alpha value is -3.07. The second kappa shape index (κ2) is 12.3. The van der Waals surface area contributed by atoms with Crippen LogP contribution < -0.4 is 0 Å². The molecular weight excluding hydrogens is 530 g/mol. The third-order valence-electron chi connectivity index (χ3n) is 7.86. The lowest BCUT2D eigenvalue weighted by molar-refractivity contribution is -0.343. The zero-order valence-electron chi connectivity index (χ0n) is 25.4. The molecule has 7 nitrogen and oxygen atoms in total. The summed E-state index contributed by atoms with van der Waals surface area (Å²) in [5, 5.41) is 23.0. The minimum Gasteiger partial charge on any atom is -0.507 e. The van der Waals surface area contributed by atoms with Crippen LogP contribution in [-0.2, 0) is 36.4 Å². The number of aliphatic hydroxyl groups is 1. The number of nitrogens with zero attached hydrogens (tertiary/aromatic N) is 1. The van der Waals surface area contributed by atoms with Gasteiger partial charge < -0.3 is 29.2 Å². The molecule has 5 rings (SSSR count). The molecule has 1 unspecified atom stereocenters. The summed E-state index contributed by atoms with van der Waals surface area (Å²) in [5.74, 6) is 0.177. The molecule has 0 aromatic heterocycles. The second-order valence-electron chi connectivity index (χ2n) is 13.2. The molecule has 2 aliphatic rings. The zero-order valence-corrected chi connectivity index (χ0v) is 25.4. The fourth-order valence-electron chi connectivity index (χ4n) is 5.33. The molecule has 0 saturated carbocycles. The highest BCUT2D eigenvalue weighted by molar-refractivity contribution is 5.85. The number of phenols is 1. The molecule has 0 radical (unpaired) electrons. The minimum atomic E-state index is -1.04. The second-order valence-corrected chi connectivity index (χ2v) is 13.2. The molecule has 2 saturated heterocycles. The lowest BCUT2D eigenvalue weighted by atomic mass is 9.79. The quantitative estimate of drug-likeness (QED) is 0.342. The van der Waals surface area contributed by atoms with E-state index >= 15 is 0 Å². The number of aromatic hydroxyl groups is 1. The molecule has 3 aromatic carbocycles. The van der Waals surface area contributed by atoms with Crippen molar-refractivity contribution in [1.82, 2.24) is 0 Å². The summed E-state index contributed by atoms with van der Waals surface area (Å²) in [6.45, 7) is 13.2. The molecule has 6 atom stereocenters. The average molecular weight is 574 g/mol. The Morgan fingerprint density at radius 2 is 1.57 bits per heavy atom. The third-order valence-corrected chi connectivity index (χ3v) is 7.86. The van der Waals surface area contributed by atoms with Gasteiger partial charge in [-0.25, -0.2) is 0 Å². The van der Waals surface area contributed by atoms with Crippen molar-refractivity contribution in [1.29, 1.82) is 0 Å². The lowest BCUT2D eigenvalue weighted by Crippen LogP contribution is -2.61. The molecular formula is C35H43NO6. The van der Waals surface area contributed by atoms with E-state index in [1.165, 1.54) is 0 Å². The first kappa shape index (κ1) is 30.4. The van der Waals surface area contributed by atoms with E-state index in [-0.39, 0.29) is 29.8 Å². The normalized spacial score (nSPS) is 26.7. The molecule has 0 bridgehead atoms. The van der Waals surface area contributed by atoms with Crippen LogP contribution in [0.4, 0.5) is 0 Å². The van der Waals surface area contributed by atoms with E-state index in [1.54, 1.807) is 6.21 Å². The molecule has 2 heterocycles. The Labute approximate surface area is 249 Å². The number of hydrogen-bond acceptors (Lipinski definition) is 7. The van der Waals surface area contributed by atoms with Crippen LogP contribution in [0.25, 0.3) is 0 Å². The van der Waals surface area contributed by atoms with Gasteiger partial charge in [0.05, 0.1) is 13.2 Å². The molecule has 2 fully saturated rings. The monoisotopic (exact) mass is 573 g/mol. The van der Waals surface area contributed by atoms with Crippen LogP contribution in [-0.4, -0.2) is 53.7 Å². The number of hydrogen-bond donors (Lipinski definition) is 2. The van der Waals surface area contributed by atoms with Gasteiger partial charge >= 0.3 is 0 Å². The van der Waals surface area contributed by atoms with E-state index in [9.17, 15) is 10.2 Å². The molecule has 0 amide bonds. The summed E-state index contributed by atoms with van der Waals surface area (Å²) in [6.07, 6.45) is -2.10. The average Bonchev–Trinajstić information content (AvgIpc) is 2.96. The van der Waals surface area contributed by atoms with Crippen LogP contribution in [0.15, 0.2) is 77.8 Å². The van der Waals surface area contributed by atoms with Gasteiger partial charge in [0.1, 0.15) is 30.1 Å². The fraction of sp³-hybridized carbons (Fsp3) is 0.457. The van der Waals surface area contributed by atoms with Gasteiger partial charge in [-0.2, -0.15) is 0 Å².